The van der Waals surface area contributed by atoms with E-state index >= 15 is 0 Å². The van der Waals surface area contributed by atoms with Gasteiger partial charge in [-0.2, -0.15) is 9.61 Å². The molecule has 3 aromatic heterocycles. The Labute approximate surface area is 121 Å². The van der Waals surface area contributed by atoms with Crippen molar-refractivity contribution < 1.29 is 0 Å². The molecule has 1 aliphatic rings. The summed E-state index contributed by atoms with van der Waals surface area (Å²) in [7, 11) is 0. The molecule has 0 radical (unpaired) electrons. The third-order valence-corrected chi connectivity index (χ3v) is 3.85. The number of nitrogens with one attached hydrogen (secondary N) is 1. The lowest BCUT2D eigenvalue weighted by atomic mass is 10.1. The van der Waals surface area contributed by atoms with Crippen LogP contribution >= 0.6 is 0 Å². The van der Waals surface area contributed by atoms with E-state index in [4.69, 9.17) is 0 Å². The Kier molecular flexibility index (Phi) is 2.80. The van der Waals surface area contributed by atoms with Crippen molar-refractivity contribution in [3.63, 3.8) is 0 Å². The second kappa shape index (κ2) is 4.80. The average Bonchev–Trinajstić information content (AvgIpc) is 3.14. The van der Waals surface area contributed by atoms with Gasteiger partial charge < -0.3 is 5.32 Å². The summed E-state index contributed by atoms with van der Waals surface area (Å²) in [4.78, 5) is 4.32. The lowest BCUT2D eigenvalue weighted by molar-refractivity contribution is 0.482. The van der Waals surface area contributed by atoms with Gasteiger partial charge in [0.05, 0.1) is 17.9 Å². The number of aromatic nitrogens is 7. The van der Waals surface area contributed by atoms with Gasteiger partial charge in [0.15, 0.2) is 5.82 Å². The first kappa shape index (κ1) is 12.2. The van der Waals surface area contributed by atoms with E-state index in [1.54, 1.807) is 16.9 Å². The summed E-state index contributed by atoms with van der Waals surface area (Å²) in [6.45, 7) is 3.09. The van der Waals surface area contributed by atoms with Crippen LogP contribution in [0, 0.1) is 0 Å². The van der Waals surface area contributed by atoms with Crippen molar-refractivity contribution in [2.24, 2.45) is 0 Å². The zero-order valence-electron chi connectivity index (χ0n) is 11.8. The molecule has 0 aliphatic carbocycles. The Balaban J connectivity index is 1.61. The minimum Gasteiger partial charge on any atom is -0.359 e. The first-order valence-electron chi connectivity index (χ1n) is 7.17. The molecule has 8 nitrogen and oxygen atoms in total. The number of fused-ring (bicyclic) bond motifs is 2. The first-order chi connectivity index (χ1) is 10.3. The van der Waals surface area contributed by atoms with Crippen molar-refractivity contribution in [1.29, 1.82) is 0 Å². The lowest BCUT2D eigenvalue weighted by Crippen LogP contribution is -2.12. The van der Waals surface area contributed by atoms with Crippen LogP contribution in [0.1, 0.15) is 37.2 Å². The highest BCUT2D eigenvalue weighted by molar-refractivity contribution is 5.61. The molecule has 1 aliphatic heterocycles. The number of hydrogen-bond acceptors (Lipinski definition) is 6. The molecule has 4 heterocycles. The minimum atomic E-state index is 0.0542. The maximum Gasteiger partial charge on any atom is 0.221 e. The van der Waals surface area contributed by atoms with E-state index in [-0.39, 0.29) is 6.04 Å². The van der Waals surface area contributed by atoms with Gasteiger partial charge >= 0.3 is 0 Å². The predicted molar refractivity (Wildman–Crippen MR) is 75.8 cm³/mol. The van der Waals surface area contributed by atoms with E-state index < -0.39 is 0 Å². The molecule has 0 aromatic carbocycles. The van der Waals surface area contributed by atoms with Crippen molar-refractivity contribution in [3.05, 3.63) is 29.8 Å². The van der Waals surface area contributed by atoms with Crippen LogP contribution in [0.5, 0.6) is 0 Å². The topological polar surface area (TPSA) is 85.8 Å². The van der Waals surface area contributed by atoms with E-state index in [9.17, 15) is 0 Å². The second-order valence-corrected chi connectivity index (χ2v) is 5.33. The fourth-order valence-electron chi connectivity index (χ4n) is 2.71. The van der Waals surface area contributed by atoms with E-state index in [0.717, 1.165) is 18.7 Å². The fraction of sp³-hybridized carbons (Fsp3) is 0.462. The van der Waals surface area contributed by atoms with Crippen molar-refractivity contribution in [3.8, 4) is 0 Å². The van der Waals surface area contributed by atoms with Crippen LogP contribution in [-0.4, -0.2) is 34.8 Å². The summed E-state index contributed by atoms with van der Waals surface area (Å²) in [5.41, 5.74) is 2.97. The van der Waals surface area contributed by atoms with Gasteiger partial charge in [-0.1, -0.05) is 0 Å². The largest absolute Gasteiger partial charge is 0.359 e. The molecule has 0 bridgehead atoms. The molecular weight excluding hydrogens is 268 g/mol. The van der Waals surface area contributed by atoms with Crippen LogP contribution in [0.25, 0.3) is 5.65 Å². The minimum absolute atomic E-state index is 0.0542. The summed E-state index contributed by atoms with van der Waals surface area (Å²) in [5, 5.41) is 19.5. The summed E-state index contributed by atoms with van der Waals surface area (Å²) >= 11 is 0. The van der Waals surface area contributed by atoms with Crippen molar-refractivity contribution in [1.82, 2.24) is 34.8 Å². The maximum atomic E-state index is 4.68. The third-order valence-electron chi connectivity index (χ3n) is 3.85. The highest BCUT2D eigenvalue weighted by Crippen LogP contribution is 2.22. The summed E-state index contributed by atoms with van der Waals surface area (Å²) in [6.07, 6.45) is 6.97. The zero-order chi connectivity index (χ0) is 14.2. The van der Waals surface area contributed by atoms with Gasteiger partial charge in [-0.25, -0.2) is 4.98 Å². The van der Waals surface area contributed by atoms with E-state index in [0.29, 0.717) is 11.5 Å². The number of rotatable bonds is 3. The van der Waals surface area contributed by atoms with Crippen LogP contribution < -0.4 is 5.32 Å². The second-order valence-electron chi connectivity index (χ2n) is 5.33. The van der Waals surface area contributed by atoms with Crippen LogP contribution in [-0.2, 0) is 13.0 Å². The molecule has 0 spiro atoms. The Morgan fingerprint density at radius 3 is 3.19 bits per heavy atom. The first-order valence-corrected chi connectivity index (χ1v) is 7.17. The Morgan fingerprint density at radius 1 is 1.33 bits per heavy atom. The van der Waals surface area contributed by atoms with Gasteiger partial charge in [-0.05, 0) is 42.7 Å². The average molecular weight is 284 g/mol. The van der Waals surface area contributed by atoms with Crippen molar-refractivity contribution in [2.75, 3.05) is 5.32 Å². The Bertz CT molecular complexity index is 750. The van der Waals surface area contributed by atoms with Gasteiger partial charge in [-0.15, -0.1) is 5.10 Å². The number of hydrogen-bond donors (Lipinski definition) is 1. The van der Waals surface area contributed by atoms with Crippen molar-refractivity contribution >= 4 is 11.5 Å². The Morgan fingerprint density at radius 2 is 2.29 bits per heavy atom. The molecule has 4 rings (SSSR count). The standard InChI is InChI=1S/C13H16N8/c1-9(11-8-10-4-2-3-6-20(10)17-11)15-12-13-16-18-19-21(13)7-5-14-12/h5,7-9H,2-4,6H2,1H3,(H,14,15). The molecule has 0 amide bonds. The molecule has 21 heavy (non-hydrogen) atoms. The highest BCUT2D eigenvalue weighted by Gasteiger charge is 2.17. The van der Waals surface area contributed by atoms with Crippen molar-refractivity contribution in [2.45, 2.75) is 38.8 Å². The van der Waals surface area contributed by atoms with Gasteiger partial charge in [0.1, 0.15) is 0 Å². The zero-order valence-corrected chi connectivity index (χ0v) is 11.8. The van der Waals surface area contributed by atoms with Crippen LogP contribution in [0.4, 0.5) is 5.82 Å². The number of nitrogens with zero attached hydrogens (tertiary/aromatic N) is 7. The summed E-state index contributed by atoms with van der Waals surface area (Å²) < 4.78 is 3.71. The number of anilines is 1. The Hall–Kier alpha value is -2.51. The normalized spacial score (nSPS) is 15.9. The highest BCUT2D eigenvalue weighted by atomic mass is 15.5. The maximum absolute atomic E-state index is 4.68. The van der Waals surface area contributed by atoms with Gasteiger partial charge in [0.2, 0.25) is 5.65 Å². The van der Waals surface area contributed by atoms with Gasteiger partial charge in [-0.3, -0.25) is 4.68 Å². The van der Waals surface area contributed by atoms with E-state index in [1.807, 2.05) is 0 Å². The molecule has 1 atom stereocenters. The van der Waals surface area contributed by atoms with Crippen LogP contribution in [0.2, 0.25) is 0 Å². The number of tetrazole rings is 1. The fourth-order valence-corrected chi connectivity index (χ4v) is 2.71. The smallest absolute Gasteiger partial charge is 0.221 e. The monoisotopic (exact) mass is 284 g/mol. The number of aryl methyl sites for hydroxylation is 2. The lowest BCUT2D eigenvalue weighted by Gasteiger charge is -2.12. The molecule has 0 saturated carbocycles. The van der Waals surface area contributed by atoms with Gasteiger partial charge in [0, 0.05) is 18.4 Å². The van der Waals surface area contributed by atoms with E-state index in [2.05, 4.69) is 48.6 Å². The predicted octanol–water partition coefficient (Wildman–Crippen LogP) is 1.23. The van der Waals surface area contributed by atoms with Crippen LogP contribution in [0.15, 0.2) is 18.5 Å². The molecule has 1 unspecified atom stereocenters. The van der Waals surface area contributed by atoms with E-state index in [1.165, 1.54) is 18.5 Å². The summed E-state index contributed by atoms with van der Waals surface area (Å²) in [5.74, 6) is 0.668. The molecule has 8 heteroatoms. The molecule has 3 aromatic rings. The molecule has 1 N–H and O–H groups in total. The summed E-state index contributed by atoms with van der Waals surface area (Å²) in [6, 6.07) is 2.23. The molecule has 0 saturated heterocycles. The SMILES string of the molecule is CC(Nc1nccn2nnnc12)c1cc2n(n1)CCCC2. The van der Waals surface area contributed by atoms with Gasteiger partial charge in [0.25, 0.3) is 0 Å². The molecule has 108 valence electrons. The van der Waals surface area contributed by atoms with Crippen LogP contribution in [0.3, 0.4) is 0 Å². The third kappa shape index (κ3) is 2.12. The molecular formula is C13H16N8. The quantitative estimate of drug-likeness (QED) is 0.778. The molecule has 0 fully saturated rings.